The molecule has 0 radical (unpaired) electrons. The Morgan fingerprint density at radius 3 is 2.21 bits per heavy atom. The first-order valence-corrected chi connectivity index (χ1v) is 7.64. The molecule has 1 heterocycles. The molecular weight excluding hydrogens is 262 g/mol. The highest BCUT2D eigenvalue weighted by Gasteiger charge is 2.29. The monoisotopic (exact) mass is 281 g/mol. The van der Waals surface area contributed by atoms with Gasteiger partial charge in [-0.2, -0.15) is 0 Å². The summed E-state index contributed by atoms with van der Waals surface area (Å²) in [5, 5.41) is 5.32. The summed E-state index contributed by atoms with van der Waals surface area (Å²) in [6.07, 6.45) is 3.83. The Morgan fingerprint density at radius 1 is 1.11 bits per heavy atom. The normalized spacial score (nSPS) is 16.9. The third-order valence-corrected chi connectivity index (χ3v) is 4.72. The van der Waals surface area contributed by atoms with Gasteiger partial charge in [-0.3, -0.25) is 0 Å². The molecule has 0 unspecified atom stereocenters. The standard InChI is InChI=1S/C14H19NO3S/c1-8-9(2)13(19(15,16)17)10(3)11-6-7-14(4,5)18-12(8)11/h6-7H,1-5H3,(H2,15,16,17). The van der Waals surface area contributed by atoms with Crippen LogP contribution in [0.3, 0.4) is 0 Å². The van der Waals surface area contributed by atoms with Crippen LogP contribution in [0.1, 0.15) is 36.1 Å². The fourth-order valence-corrected chi connectivity index (χ4v) is 3.57. The summed E-state index contributed by atoms with van der Waals surface area (Å²) in [5.41, 5.74) is 2.53. The van der Waals surface area contributed by atoms with Gasteiger partial charge >= 0.3 is 0 Å². The van der Waals surface area contributed by atoms with Crippen molar-refractivity contribution >= 4 is 16.1 Å². The molecule has 2 N–H and O–H groups in total. The molecule has 0 amide bonds. The van der Waals surface area contributed by atoms with Crippen molar-refractivity contribution in [3.05, 3.63) is 28.3 Å². The second-order valence-corrected chi connectivity index (χ2v) is 7.03. The van der Waals surface area contributed by atoms with Gasteiger partial charge in [0.25, 0.3) is 0 Å². The smallest absolute Gasteiger partial charge is 0.238 e. The van der Waals surface area contributed by atoms with Gasteiger partial charge in [-0.05, 0) is 57.4 Å². The van der Waals surface area contributed by atoms with Gasteiger partial charge in [0.05, 0.1) is 4.90 Å². The Hall–Kier alpha value is -1.33. The third kappa shape index (κ3) is 2.28. The van der Waals surface area contributed by atoms with Crippen molar-refractivity contribution < 1.29 is 13.2 Å². The number of hydrogen-bond donors (Lipinski definition) is 1. The predicted octanol–water partition coefficient (Wildman–Crippen LogP) is 2.44. The summed E-state index contributed by atoms with van der Waals surface area (Å²) in [6, 6.07) is 0. The van der Waals surface area contributed by atoms with Crippen LogP contribution in [0.15, 0.2) is 11.0 Å². The molecular formula is C14H19NO3S. The van der Waals surface area contributed by atoms with Crippen LogP contribution in [0.25, 0.3) is 6.08 Å². The van der Waals surface area contributed by atoms with Gasteiger partial charge < -0.3 is 4.74 Å². The largest absolute Gasteiger partial charge is 0.483 e. The third-order valence-electron chi connectivity index (χ3n) is 3.53. The lowest BCUT2D eigenvalue weighted by atomic mass is 9.94. The molecule has 0 fully saturated rings. The summed E-state index contributed by atoms with van der Waals surface area (Å²) >= 11 is 0. The number of benzene rings is 1. The van der Waals surface area contributed by atoms with Gasteiger partial charge in [0.2, 0.25) is 10.0 Å². The minimum Gasteiger partial charge on any atom is -0.483 e. The van der Waals surface area contributed by atoms with Gasteiger partial charge in [-0.1, -0.05) is 6.08 Å². The van der Waals surface area contributed by atoms with Crippen LogP contribution in [-0.4, -0.2) is 14.0 Å². The van der Waals surface area contributed by atoms with E-state index >= 15 is 0 Å². The number of fused-ring (bicyclic) bond motifs is 1. The van der Waals surface area contributed by atoms with E-state index in [4.69, 9.17) is 9.88 Å². The zero-order valence-corrected chi connectivity index (χ0v) is 12.7. The van der Waals surface area contributed by atoms with Crippen LogP contribution in [0.2, 0.25) is 0 Å². The van der Waals surface area contributed by atoms with E-state index in [1.54, 1.807) is 13.8 Å². The molecule has 1 aromatic rings. The van der Waals surface area contributed by atoms with Crippen molar-refractivity contribution in [3.8, 4) is 5.75 Å². The molecule has 2 rings (SSSR count). The highest BCUT2D eigenvalue weighted by molar-refractivity contribution is 7.89. The molecule has 5 heteroatoms. The van der Waals surface area contributed by atoms with Crippen molar-refractivity contribution in [3.63, 3.8) is 0 Å². The Kier molecular flexibility index (Phi) is 3.03. The van der Waals surface area contributed by atoms with Crippen molar-refractivity contribution in [2.75, 3.05) is 0 Å². The average molecular weight is 281 g/mol. The van der Waals surface area contributed by atoms with E-state index in [9.17, 15) is 8.42 Å². The topological polar surface area (TPSA) is 69.4 Å². The van der Waals surface area contributed by atoms with E-state index in [0.717, 1.165) is 16.9 Å². The van der Waals surface area contributed by atoms with Crippen LogP contribution in [-0.2, 0) is 10.0 Å². The number of ether oxygens (including phenoxy) is 1. The number of hydrogen-bond acceptors (Lipinski definition) is 3. The molecule has 1 aromatic carbocycles. The Labute approximate surface area is 114 Å². The van der Waals surface area contributed by atoms with Crippen LogP contribution in [0, 0.1) is 20.8 Å². The molecule has 1 aliphatic heterocycles. The molecule has 104 valence electrons. The molecule has 19 heavy (non-hydrogen) atoms. The van der Waals surface area contributed by atoms with Gasteiger partial charge in [-0.15, -0.1) is 0 Å². The predicted molar refractivity (Wildman–Crippen MR) is 75.8 cm³/mol. The SMILES string of the molecule is Cc1c(C)c(S(N)(=O)=O)c(C)c2c1OC(C)(C)C=C2. The summed E-state index contributed by atoms with van der Waals surface area (Å²) < 4.78 is 29.5. The number of primary sulfonamides is 1. The zero-order chi connectivity index (χ0) is 14.6. The van der Waals surface area contributed by atoms with Crippen molar-refractivity contribution in [2.45, 2.75) is 45.1 Å². The first-order valence-electron chi connectivity index (χ1n) is 6.09. The molecule has 1 aliphatic rings. The average Bonchev–Trinajstić information content (AvgIpc) is 2.23. The summed E-state index contributed by atoms with van der Waals surface area (Å²) in [7, 11) is -3.74. The van der Waals surface area contributed by atoms with E-state index in [2.05, 4.69) is 0 Å². The Morgan fingerprint density at radius 2 is 1.68 bits per heavy atom. The molecule has 0 atom stereocenters. The van der Waals surface area contributed by atoms with E-state index < -0.39 is 10.0 Å². The molecule has 0 bridgehead atoms. The molecule has 4 nitrogen and oxygen atoms in total. The first kappa shape index (κ1) is 14.1. The van der Waals surface area contributed by atoms with Crippen LogP contribution >= 0.6 is 0 Å². The molecule has 0 saturated carbocycles. The van der Waals surface area contributed by atoms with Crippen molar-refractivity contribution in [1.82, 2.24) is 0 Å². The van der Waals surface area contributed by atoms with Gasteiger partial charge in [0.15, 0.2) is 0 Å². The molecule has 0 spiro atoms. The lowest BCUT2D eigenvalue weighted by Gasteiger charge is -2.31. The second-order valence-electron chi connectivity index (χ2n) is 5.53. The van der Waals surface area contributed by atoms with Crippen LogP contribution in [0.4, 0.5) is 0 Å². The Balaban J connectivity index is 2.85. The van der Waals surface area contributed by atoms with Gasteiger partial charge in [0, 0.05) is 5.56 Å². The molecule has 0 aromatic heterocycles. The van der Waals surface area contributed by atoms with Crippen molar-refractivity contribution in [2.24, 2.45) is 5.14 Å². The maximum absolute atomic E-state index is 11.8. The van der Waals surface area contributed by atoms with E-state index in [0.29, 0.717) is 11.1 Å². The van der Waals surface area contributed by atoms with Gasteiger partial charge in [0.1, 0.15) is 11.4 Å². The highest BCUT2D eigenvalue weighted by atomic mass is 32.2. The maximum Gasteiger partial charge on any atom is 0.238 e. The lowest BCUT2D eigenvalue weighted by Crippen LogP contribution is -2.29. The van der Waals surface area contributed by atoms with Crippen molar-refractivity contribution in [1.29, 1.82) is 0 Å². The molecule has 0 saturated heterocycles. The number of rotatable bonds is 1. The minimum absolute atomic E-state index is 0.205. The van der Waals surface area contributed by atoms with E-state index in [1.807, 2.05) is 32.9 Å². The first-order chi connectivity index (χ1) is 8.54. The summed E-state index contributed by atoms with van der Waals surface area (Å²) in [4.78, 5) is 0.205. The summed E-state index contributed by atoms with van der Waals surface area (Å²) in [6.45, 7) is 9.31. The minimum atomic E-state index is -3.74. The Bertz CT molecular complexity index is 685. The molecule has 0 aliphatic carbocycles. The quantitative estimate of drug-likeness (QED) is 0.859. The van der Waals surface area contributed by atoms with E-state index in [1.165, 1.54) is 0 Å². The number of sulfonamides is 1. The lowest BCUT2D eigenvalue weighted by molar-refractivity contribution is 0.157. The zero-order valence-electron chi connectivity index (χ0n) is 11.9. The number of nitrogens with two attached hydrogens (primary N) is 1. The van der Waals surface area contributed by atoms with E-state index in [-0.39, 0.29) is 10.5 Å². The highest BCUT2D eigenvalue weighted by Crippen LogP contribution is 2.40. The fraction of sp³-hybridized carbons (Fsp3) is 0.429. The second kappa shape index (κ2) is 4.08. The van der Waals surface area contributed by atoms with Crippen LogP contribution < -0.4 is 9.88 Å². The fourth-order valence-electron chi connectivity index (χ4n) is 2.46. The van der Waals surface area contributed by atoms with Crippen LogP contribution in [0.5, 0.6) is 5.75 Å². The summed E-state index contributed by atoms with van der Waals surface area (Å²) in [5.74, 6) is 0.745. The van der Waals surface area contributed by atoms with Gasteiger partial charge in [-0.25, -0.2) is 13.6 Å². The maximum atomic E-state index is 11.8.